The van der Waals surface area contributed by atoms with Crippen LogP contribution in [0.2, 0.25) is 15.1 Å². The number of anilines is 1. The molecule has 146 valence electrons. The van der Waals surface area contributed by atoms with Crippen LogP contribution in [0.4, 0.5) is 5.69 Å². The Morgan fingerprint density at radius 2 is 1.89 bits per heavy atom. The summed E-state index contributed by atoms with van der Waals surface area (Å²) in [5, 5.41) is 5.19. The minimum absolute atomic E-state index is 0.120. The summed E-state index contributed by atoms with van der Waals surface area (Å²) >= 11 is 18.5. The fourth-order valence-electron chi connectivity index (χ4n) is 3.03. The molecule has 0 radical (unpaired) electrons. The molecule has 0 amide bonds. The molecule has 1 aliphatic heterocycles. The number of piperidine rings is 1. The highest BCUT2D eigenvalue weighted by Gasteiger charge is 2.23. The van der Waals surface area contributed by atoms with Crippen LogP contribution in [0.1, 0.15) is 12.8 Å². The van der Waals surface area contributed by atoms with Gasteiger partial charge in [0.05, 0.1) is 41.9 Å². The van der Waals surface area contributed by atoms with Gasteiger partial charge in [-0.25, -0.2) is 0 Å². The van der Waals surface area contributed by atoms with Crippen molar-refractivity contribution in [2.24, 2.45) is 0 Å². The van der Waals surface area contributed by atoms with Crippen molar-refractivity contribution in [2.75, 3.05) is 38.3 Å². The highest BCUT2D eigenvalue weighted by Crippen LogP contribution is 2.28. The molecular weight excluding hydrogens is 413 g/mol. The highest BCUT2D eigenvalue weighted by atomic mass is 35.5. The van der Waals surface area contributed by atoms with Crippen molar-refractivity contribution in [1.29, 1.82) is 0 Å². The van der Waals surface area contributed by atoms with Crippen molar-refractivity contribution in [1.82, 2.24) is 9.78 Å². The second-order valence-electron chi connectivity index (χ2n) is 6.21. The zero-order valence-electron chi connectivity index (χ0n) is 14.8. The monoisotopic (exact) mass is 431 g/mol. The number of hydrogen-bond donors (Lipinski definition) is 0. The number of benzene rings is 1. The summed E-state index contributed by atoms with van der Waals surface area (Å²) in [6, 6.07) is 4.84. The predicted octanol–water partition coefficient (Wildman–Crippen LogP) is 3.82. The van der Waals surface area contributed by atoms with E-state index in [2.05, 4.69) is 10.00 Å². The van der Waals surface area contributed by atoms with Crippen LogP contribution in [-0.2, 0) is 9.47 Å². The topological polar surface area (TPSA) is 56.6 Å². The first kappa shape index (κ1) is 20.4. The summed E-state index contributed by atoms with van der Waals surface area (Å²) in [7, 11) is 1.65. The molecule has 2 aromatic rings. The predicted molar refractivity (Wildman–Crippen MR) is 108 cm³/mol. The fraction of sp³-hybridized carbons (Fsp3) is 0.444. The lowest BCUT2D eigenvalue weighted by molar-refractivity contribution is 0.00609. The van der Waals surface area contributed by atoms with Crippen molar-refractivity contribution in [3.63, 3.8) is 0 Å². The number of rotatable bonds is 6. The number of nitrogens with zero attached hydrogens (tertiary/aromatic N) is 3. The summed E-state index contributed by atoms with van der Waals surface area (Å²) in [4.78, 5) is 14.8. The van der Waals surface area contributed by atoms with Gasteiger partial charge in [-0.1, -0.05) is 34.8 Å². The van der Waals surface area contributed by atoms with Gasteiger partial charge >= 0.3 is 0 Å². The van der Waals surface area contributed by atoms with E-state index < -0.39 is 5.56 Å². The summed E-state index contributed by atoms with van der Waals surface area (Å²) in [5.74, 6) is 0. The van der Waals surface area contributed by atoms with Gasteiger partial charge in [-0.05, 0) is 31.0 Å². The largest absolute Gasteiger partial charge is 0.382 e. The first-order valence-corrected chi connectivity index (χ1v) is 9.73. The third kappa shape index (κ3) is 4.76. The zero-order valence-corrected chi connectivity index (χ0v) is 17.1. The first-order chi connectivity index (χ1) is 13.0. The van der Waals surface area contributed by atoms with Crippen molar-refractivity contribution in [2.45, 2.75) is 18.9 Å². The van der Waals surface area contributed by atoms with E-state index in [9.17, 15) is 4.79 Å². The Kier molecular flexibility index (Phi) is 7.00. The molecule has 0 N–H and O–H groups in total. The molecule has 0 unspecified atom stereocenters. The normalized spacial score (nSPS) is 15.3. The van der Waals surface area contributed by atoms with Crippen LogP contribution in [0, 0.1) is 0 Å². The molecule has 27 heavy (non-hydrogen) atoms. The van der Waals surface area contributed by atoms with Crippen LogP contribution in [0.15, 0.2) is 29.2 Å². The summed E-state index contributed by atoms with van der Waals surface area (Å²) in [6.45, 7) is 2.65. The quantitative estimate of drug-likeness (QED) is 0.650. The van der Waals surface area contributed by atoms with Crippen LogP contribution >= 0.6 is 34.8 Å². The molecule has 0 aliphatic carbocycles. The standard InChI is InChI=1S/C18H20Cl3N3O3/c1-26-8-9-27-13-4-6-23(7-5-13)16-11-22-24(18(25)17(16)21)15-3-2-12(19)10-14(15)20/h2-3,10-11,13H,4-9H2,1H3. The Bertz CT molecular complexity index is 851. The Morgan fingerprint density at radius 1 is 1.15 bits per heavy atom. The number of halogens is 3. The summed E-state index contributed by atoms with van der Waals surface area (Å²) in [6.07, 6.45) is 3.50. The summed E-state index contributed by atoms with van der Waals surface area (Å²) < 4.78 is 12.0. The van der Waals surface area contributed by atoms with Crippen LogP contribution in [0.3, 0.4) is 0 Å². The molecule has 0 atom stereocenters. The molecule has 1 aromatic carbocycles. The molecule has 9 heteroatoms. The van der Waals surface area contributed by atoms with E-state index in [0.717, 1.165) is 25.9 Å². The van der Waals surface area contributed by atoms with Gasteiger partial charge < -0.3 is 14.4 Å². The van der Waals surface area contributed by atoms with E-state index >= 15 is 0 Å². The van der Waals surface area contributed by atoms with Crippen molar-refractivity contribution < 1.29 is 9.47 Å². The third-order valence-electron chi connectivity index (χ3n) is 4.46. The lowest BCUT2D eigenvalue weighted by atomic mass is 10.1. The molecule has 1 aliphatic rings. The van der Waals surface area contributed by atoms with Gasteiger partial charge in [0.25, 0.3) is 5.56 Å². The minimum Gasteiger partial charge on any atom is -0.382 e. The molecule has 1 saturated heterocycles. The molecule has 1 aromatic heterocycles. The Morgan fingerprint density at radius 3 is 2.56 bits per heavy atom. The van der Waals surface area contributed by atoms with E-state index in [1.54, 1.807) is 31.5 Å². The number of ether oxygens (including phenoxy) is 2. The van der Waals surface area contributed by atoms with Gasteiger partial charge in [0.2, 0.25) is 0 Å². The number of aromatic nitrogens is 2. The van der Waals surface area contributed by atoms with Crippen LogP contribution in [-0.4, -0.2) is 49.3 Å². The van der Waals surface area contributed by atoms with Gasteiger partial charge in [0, 0.05) is 25.2 Å². The highest BCUT2D eigenvalue weighted by molar-refractivity contribution is 6.36. The van der Waals surface area contributed by atoms with Crippen molar-refractivity contribution in [3.8, 4) is 5.69 Å². The molecule has 0 saturated carbocycles. The molecule has 2 heterocycles. The van der Waals surface area contributed by atoms with Crippen LogP contribution < -0.4 is 10.5 Å². The Balaban J connectivity index is 1.75. The van der Waals surface area contributed by atoms with Gasteiger partial charge in [0.15, 0.2) is 0 Å². The molecule has 6 nitrogen and oxygen atoms in total. The average Bonchev–Trinajstić information content (AvgIpc) is 2.66. The van der Waals surface area contributed by atoms with Crippen LogP contribution in [0.5, 0.6) is 0 Å². The first-order valence-electron chi connectivity index (χ1n) is 8.60. The van der Waals surface area contributed by atoms with E-state index in [4.69, 9.17) is 44.3 Å². The maximum atomic E-state index is 12.7. The smallest absolute Gasteiger partial charge is 0.292 e. The number of hydrogen-bond acceptors (Lipinski definition) is 5. The SMILES string of the molecule is COCCOC1CCN(c2cnn(-c3ccc(Cl)cc3Cl)c(=O)c2Cl)CC1. The van der Waals surface area contributed by atoms with E-state index in [1.165, 1.54) is 4.68 Å². The van der Waals surface area contributed by atoms with Crippen molar-refractivity contribution >= 4 is 40.5 Å². The van der Waals surface area contributed by atoms with E-state index in [-0.39, 0.29) is 11.1 Å². The average molecular weight is 433 g/mol. The Labute approximate surface area is 172 Å². The molecule has 3 rings (SSSR count). The summed E-state index contributed by atoms with van der Waals surface area (Å²) in [5.41, 5.74) is 0.639. The Hall–Kier alpha value is -1.31. The maximum Gasteiger partial charge on any atom is 0.292 e. The van der Waals surface area contributed by atoms with Gasteiger partial charge in [-0.3, -0.25) is 4.79 Å². The van der Waals surface area contributed by atoms with Crippen LogP contribution in [0.25, 0.3) is 5.69 Å². The maximum absolute atomic E-state index is 12.7. The molecule has 0 spiro atoms. The zero-order chi connectivity index (χ0) is 19.4. The minimum atomic E-state index is -0.420. The van der Waals surface area contributed by atoms with Gasteiger partial charge in [-0.15, -0.1) is 0 Å². The lowest BCUT2D eigenvalue weighted by Gasteiger charge is -2.33. The molecule has 0 bridgehead atoms. The third-order valence-corrected chi connectivity index (χ3v) is 5.36. The lowest BCUT2D eigenvalue weighted by Crippen LogP contribution is -2.38. The van der Waals surface area contributed by atoms with E-state index in [1.807, 2.05) is 0 Å². The number of methoxy groups -OCH3 is 1. The van der Waals surface area contributed by atoms with Gasteiger partial charge in [-0.2, -0.15) is 9.78 Å². The fourth-order valence-corrected chi connectivity index (χ4v) is 3.77. The second-order valence-corrected chi connectivity index (χ2v) is 7.43. The molecular formula is C18H20Cl3N3O3. The second kappa shape index (κ2) is 9.26. The van der Waals surface area contributed by atoms with Crippen molar-refractivity contribution in [3.05, 3.63) is 49.8 Å². The molecule has 1 fully saturated rings. The van der Waals surface area contributed by atoms with E-state index in [0.29, 0.717) is 34.6 Å². The van der Waals surface area contributed by atoms with Gasteiger partial charge in [0.1, 0.15) is 5.02 Å².